The van der Waals surface area contributed by atoms with Gasteiger partial charge < -0.3 is 4.74 Å². The fourth-order valence-electron chi connectivity index (χ4n) is 1.19. The van der Waals surface area contributed by atoms with Gasteiger partial charge in [-0.15, -0.1) is 0 Å². The standard InChI is InChI=1S/C10H14F2O2S2/c1-7-3-15-5-8(6-16-4-7)14-10(13)2-9(11)12/h8-9H,1-6H2. The van der Waals surface area contributed by atoms with E-state index in [-0.39, 0.29) is 6.10 Å². The van der Waals surface area contributed by atoms with Gasteiger partial charge in [-0.2, -0.15) is 23.5 Å². The maximum atomic E-state index is 11.9. The van der Waals surface area contributed by atoms with Crippen molar-refractivity contribution < 1.29 is 18.3 Å². The second-order valence-electron chi connectivity index (χ2n) is 3.49. The highest BCUT2D eigenvalue weighted by molar-refractivity contribution is 8.01. The third-order valence-corrected chi connectivity index (χ3v) is 4.28. The maximum absolute atomic E-state index is 11.9. The highest BCUT2D eigenvalue weighted by Crippen LogP contribution is 2.21. The van der Waals surface area contributed by atoms with Crippen molar-refractivity contribution in [2.24, 2.45) is 0 Å². The van der Waals surface area contributed by atoms with Crippen molar-refractivity contribution in [3.8, 4) is 0 Å². The van der Waals surface area contributed by atoms with Crippen LogP contribution in [0.15, 0.2) is 12.2 Å². The summed E-state index contributed by atoms with van der Waals surface area (Å²) in [4.78, 5) is 11.0. The highest BCUT2D eigenvalue weighted by Gasteiger charge is 2.19. The molecule has 1 rings (SSSR count). The molecular weight excluding hydrogens is 254 g/mol. The van der Waals surface area contributed by atoms with Crippen molar-refractivity contribution >= 4 is 29.5 Å². The second kappa shape index (κ2) is 7.17. The zero-order valence-corrected chi connectivity index (χ0v) is 10.4. The van der Waals surface area contributed by atoms with E-state index in [1.54, 1.807) is 23.5 Å². The van der Waals surface area contributed by atoms with E-state index >= 15 is 0 Å². The van der Waals surface area contributed by atoms with Crippen molar-refractivity contribution in [2.75, 3.05) is 23.0 Å². The quantitative estimate of drug-likeness (QED) is 0.580. The molecule has 0 aromatic heterocycles. The van der Waals surface area contributed by atoms with Gasteiger partial charge in [0.1, 0.15) is 12.5 Å². The zero-order valence-electron chi connectivity index (χ0n) is 8.79. The Morgan fingerprint density at radius 2 is 2.00 bits per heavy atom. The van der Waals surface area contributed by atoms with Crippen LogP contribution in [0, 0.1) is 0 Å². The smallest absolute Gasteiger partial charge is 0.311 e. The molecule has 1 heterocycles. The van der Waals surface area contributed by atoms with Crippen molar-refractivity contribution in [2.45, 2.75) is 19.0 Å². The molecule has 0 bridgehead atoms. The summed E-state index contributed by atoms with van der Waals surface area (Å²) in [6.07, 6.45) is -3.69. The molecule has 1 saturated heterocycles. The molecule has 0 spiro atoms. The van der Waals surface area contributed by atoms with E-state index in [0.717, 1.165) is 17.1 Å². The summed E-state index contributed by atoms with van der Waals surface area (Å²) in [5, 5.41) is 0. The van der Waals surface area contributed by atoms with Crippen LogP contribution in [-0.4, -0.2) is 41.5 Å². The van der Waals surface area contributed by atoms with Gasteiger partial charge >= 0.3 is 5.97 Å². The van der Waals surface area contributed by atoms with Crippen LogP contribution in [0.1, 0.15) is 6.42 Å². The van der Waals surface area contributed by atoms with Gasteiger partial charge in [-0.1, -0.05) is 12.2 Å². The van der Waals surface area contributed by atoms with Crippen LogP contribution < -0.4 is 0 Å². The number of hydrogen-bond donors (Lipinski definition) is 0. The number of halogens is 2. The Hall–Kier alpha value is -0.230. The van der Waals surface area contributed by atoms with Crippen molar-refractivity contribution in [3.05, 3.63) is 12.2 Å². The Kier molecular flexibility index (Phi) is 6.20. The van der Waals surface area contributed by atoms with Gasteiger partial charge in [0.25, 0.3) is 0 Å². The first-order valence-electron chi connectivity index (χ1n) is 4.87. The van der Waals surface area contributed by atoms with Crippen LogP contribution in [0.3, 0.4) is 0 Å². The van der Waals surface area contributed by atoms with E-state index in [9.17, 15) is 13.6 Å². The van der Waals surface area contributed by atoms with Crippen LogP contribution in [0.5, 0.6) is 0 Å². The Morgan fingerprint density at radius 1 is 1.44 bits per heavy atom. The van der Waals surface area contributed by atoms with E-state index < -0.39 is 18.8 Å². The molecule has 0 N–H and O–H groups in total. The predicted octanol–water partition coefficient (Wildman–Crippen LogP) is 2.59. The first kappa shape index (κ1) is 13.8. The fourth-order valence-corrected chi connectivity index (χ4v) is 3.38. The van der Waals surface area contributed by atoms with E-state index in [1.807, 2.05) is 0 Å². The average Bonchev–Trinajstić information content (AvgIpc) is 2.12. The van der Waals surface area contributed by atoms with Gasteiger partial charge in [-0.05, 0) is 0 Å². The molecule has 1 aliphatic rings. The lowest BCUT2D eigenvalue weighted by atomic mass is 10.4. The fraction of sp³-hybridized carbons (Fsp3) is 0.700. The lowest BCUT2D eigenvalue weighted by Gasteiger charge is -2.20. The SMILES string of the molecule is C=C1CSCC(OC(=O)CC(F)F)CSC1. The minimum Gasteiger partial charge on any atom is -0.460 e. The Morgan fingerprint density at radius 3 is 2.50 bits per heavy atom. The molecule has 0 aliphatic carbocycles. The number of hydrogen-bond acceptors (Lipinski definition) is 4. The largest absolute Gasteiger partial charge is 0.460 e. The van der Waals surface area contributed by atoms with Gasteiger partial charge in [0.15, 0.2) is 0 Å². The lowest BCUT2D eigenvalue weighted by molar-refractivity contribution is -0.149. The zero-order chi connectivity index (χ0) is 12.0. The minimum atomic E-state index is -2.62. The number of rotatable bonds is 3. The molecule has 0 atom stereocenters. The number of alkyl halides is 2. The number of ether oxygens (including phenoxy) is 1. The van der Waals surface area contributed by atoms with E-state index in [2.05, 4.69) is 6.58 Å². The molecule has 0 unspecified atom stereocenters. The number of carbonyl (C=O) groups is 1. The molecule has 6 heteroatoms. The molecule has 0 radical (unpaired) electrons. The lowest BCUT2D eigenvalue weighted by Crippen LogP contribution is -2.25. The molecular formula is C10H14F2O2S2. The Balaban J connectivity index is 2.30. The van der Waals surface area contributed by atoms with E-state index in [4.69, 9.17) is 4.74 Å². The first-order chi connectivity index (χ1) is 7.58. The number of carbonyl (C=O) groups excluding carboxylic acids is 1. The summed E-state index contributed by atoms with van der Waals surface area (Å²) in [5.74, 6) is 2.19. The summed E-state index contributed by atoms with van der Waals surface area (Å²) < 4.78 is 28.8. The van der Waals surface area contributed by atoms with Crippen LogP contribution in [0.2, 0.25) is 0 Å². The molecule has 0 saturated carbocycles. The number of esters is 1. The molecule has 0 aromatic rings. The minimum absolute atomic E-state index is 0.255. The maximum Gasteiger partial charge on any atom is 0.311 e. The normalized spacial score (nSPS) is 19.3. The molecule has 1 fully saturated rings. The molecule has 2 nitrogen and oxygen atoms in total. The second-order valence-corrected chi connectivity index (χ2v) is 5.55. The third-order valence-electron chi connectivity index (χ3n) is 1.84. The Bertz CT molecular complexity index is 247. The van der Waals surface area contributed by atoms with Gasteiger partial charge in [-0.25, -0.2) is 8.78 Å². The van der Waals surface area contributed by atoms with Gasteiger partial charge in [0.05, 0.1) is 0 Å². The van der Waals surface area contributed by atoms with E-state index in [1.165, 1.54) is 0 Å². The van der Waals surface area contributed by atoms with Gasteiger partial charge in [-0.3, -0.25) is 4.79 Å². The van der Waals surface area contributed by atoms with Crippen molar-refractivity contribution in [3.63, 3.8) is 0 Å². The molecule has 0 aromatic carbocycles. The summed E-state index contributed by atoms with van der Waals surface area (Å²) in [7, 11) is 0. The molecule has 16 heavy (non-hydrogen) atoms. The third kappa shape index (κ3) is 5.75. The molecule has 1 aliphatic heterocycles. The van der Waals surface area contributed by atoms with Crippen LogP contribution >= 0.6 is 23.5 Å². The van der Waals surface area contributed by atoms with E-state index in [0.29, 0.717) is 11.5 Å². The first-order valence-corrected chi connectivity index (χ1v) is 7.18. The molecule has 0 amide bonds. The van der Waals surface area contributed by atoms with Crippen molar-refractivity contribution in [1.82, 2.24) is 0 Å². The van der Waals surface area contributed by atoms with Crippen molar-refractivity contribution in [1.29, 1.82) is 0 Å². The van der Waals surface area contributed by atoms with Crippen LogP contribution in [-0.2, 0) is 9.53 Å². The highest BCUT2D eigenvalue weighted by atomic mass is 32.2. The molecule has 92 valence electrons. The number of thioether (sulfide) groups is 2. The summed E-state index contributed by atoms with van der Waals surface area (Å²) in [5.41, 5.74) is 1.16. The average molecular weight is 268 g/mol. The Labute approximate surface area is 102 Å². The summed E-state index contributed by atoms with van der Waals surface area (Å²) in [6.45, 7) is 3.89. The topological polar surface area (TPSA) is 26.3 Å². The van der Waals surface area contributed by atoms with Gasteiger partial charge in [0.2, 0.25) is 6.43 Å². The summed E-state index contributed by atoms with van der Waals surface area (Å²) in [6, 6.07) is 0. The van der Waals surface area contributed by atoms with Crippen LogP contribution in [0.4, 0.5) is 8.78 Å². The summed E-state index contributed by atoms with van der Waals surface area (Å²) >= 11 is 3.26. The van der Waals surface area contributed by atoms with Gasteiger partial charge in [0, 0.05) is 23.0 Å². The predicted molar refractivity (Wildman–Crippen MR) is 64.3 cm³/mol. The monoisotopic (exact) mass is 268 g/mol. The van der Waals surface area contributed by atoms with Crippen LogP contribution in [0.25, 0.3) is 0 Å².